The predicted octanol–water partition coefficient (Wildman–Crippen LogP) is 5.07. The van der Waals surface area contributed by atoms with Crippen LogP contribution in [0, 0.1) is 0 Å². The summed E-state index contributed by atoms with van der Waals surface area (Å²) in [5.74, 6) is 2.06. The van der Waals surface area contributed by atoms with Crippen molar-refractivity contribution in [3.8, 4) is 40.1 Å². The Bertz CT molecular complexity index is 1310. The van der Waals surface area contributed by atoms with Gasteiger partial charge in [0.1, 0.15) is 23.5 Å². The Hall–Kier alpha value is -4.13. The molecule has 1 heterocycles. The summed E-state index contributed by atoms with van der Waals surface area (Å²) in [4.78, 5) is 13.1. The number of fused-ring (bicyclic) bond motifs is 1. The maximum Gasteiger partial charge on any atom is 0.211 e. The normalized spacial score (nSPS) is 10.7. The van der Waals surface area contributed by atoms with Crippen LogP contribution in [0.5, 0.6) is 28.7 Å². The lowest BCUT2D eigenvalue weighted by Crippen LogP contribution is -2.07. The van der Waals surface area contributed by atoms with Gasteiger partial charge in [0.05, 0.1) is 28.4 Å². The van der Waals surface area contributed by atoms with Crippen LogP contribution in [-0.2, 0) is 6.61 Å². The van der Waals surface area contributed by atoms with Gasteiger partial charge in [-0.2, -0.15) is 0 Å². The molecule has 1 aromatic heterocycles. The van der Waals surface area contributed by atoms with Crippen molar-refractivity contribution in [1.82, 2.24) is 0 Å². The fourth-order valence-electron chi connectivity index (χ4n) is 3.64. The van der Waals surface area contributed by atoms with E-state index in [2.05, 4.69) is 0 Å². The van der Waals surface area contributed by atoms with Crippen LogP contribution in [0.2, 0.25) is 0 Å². The van der Waals surface area contributed by atoms with Gasteiger partial charge in [-0.25, -0.2) is 0 Å². The smallest absolute Gasteiger partial charge is 0.211 e. The van der Waals surface area contributed by atoms with Gasteiger partial charge in [0.15, 0.2) is 16.8 Å². The summed E-state index contributed by atoms with van der Waals surface area (Å²) in [6.45, 7) is 0.462. The van der Waals surface area contributed by atoms with Crippen molar-refractivity contribution in [3.05, 3.63) is 76.5 Å². The van der Waals surface area contributed by atoms with Gasteiger partial charge in [0.25, 0.3) is 0 Å². The van der Waals surface area contributed by atoms with Crippen LogP contribution in [0.25, 0.3) is 22.3 Å². The van der Waals surface area contributed by atoms with Gasteiger partial charge < -0.3 is 28.1 Å². The van der Waals surface area contributed by atoms with E-state index in [4.69, 9.17) is 28.1 Å². The lowest BCUT2D eigenvalue weighted by molar-refractivity contribution is 0.306. The second-order valence-electron chi connectivity index (χ2n) is 7.11. The fraction of sp³-hybridized carbons (Fsp3) is 0.192. The monoisotopic (exact) mass is 448 g/mol. The summed E-state index contributed by atoms with van der Waals surface area (Å²) >= 11 is 0. The molecule has 0 N–H and O–H groups in total. The number of methoxy groups -OCH3 is 4. The first-order valence-electron chi connectivity index (χ1n) is 10.2. The van der Waals surface area contributed by atoms with Gasteiger partial charge in [0, 0.05) is 11.6 Å². The molecule has 0 amide bonds. The molecule has 0 aliphatic carbocycles. The molecule has 4 aromatic rings. The third kappa shape index (κ3) is 4.17. The minimum Gasteiger partial charge on any atom is -0.492 e. The average Bonchev–Trinajstić information content (AvgIpc) is 2.86. The maximum absolute atomic E-state index is 13.1. The minimum atomic E-state index is -0.299. The Morgan fingerprint density at radius 1 is 0.727 bits per heavy atom. The molecular formula is C26H24O7. The summed E-state index contributed by atoms with van der Waals surface area (Å²) < 4.78 is 33.8. The van der Waals surface area contributed by atoms with Crippen LogP contribution in [0.1, 0.15) is 5.56 Å². The Kier molecular flexibility index (Phi) is 6.40. The van der Waals surface area contributed by atoms with E-state index in [0.29, 0.717) is 23.7 Å². The number of rotatable bonds is 8. The highest BCUT2D eigenvalue weighted by atomic mass is 16.5. The van der Waals surface area contributed by atoms with Crippen LogP contribution < -0.4 is 29.1 Å². The summed E-state index contributed by atoms with van der Waals surface area (Å²) in [6, 6.07) is 18.6. The summed E-state index contributed by atoms with van der Waals surface area (Å²) in [6.07, 6.45) is 0. The van der Waals surface area contributed by atoms with Crippen LogP contribution in [0.4, 0.5) is 0 Å². The van der Waals surface area contributed by atoms with Crippen molar-refractivity contribution >= 4 is 11.0 Å². The highest BCUT2D eigenvalue weighted by Gasteiger charge is 2.27. The Labute approximate surface area is 191 Å². The first-order chi connectivity index (χ1) is 16.1. The molecule has 0 bridgehead atoms. The maximum atomic E-state index is 13.1. The Balaban J connectivity index is 1.75. The van der Waals surface area contributed by atoms with E-state index in [-0.39, 0.29) is 39.4 Å². The summed E-state index contributed by atoms with van der Waals surface area (Å²) in [7, 11) is 5.85. The molecule has 170 valence electrons. The fourth-order valence-corrected chi connectivity index (χ4v) is 3.64. The molecule has 33 heavy (non-hydrogen) atoms. The molecule has 4 rings (SSSR count). The largest absolute Gasteiger partial charge is 0.492 e. The number of ether oxygens (including phenoxy) is 5. The van der Waals surface area contributed by atoms with E-state index in [0.717, 1.165) is 5.56 Å². The molecule has 0 unspecified atom stereocenters. The Morgan fingerprint density at radius 2 is 1.33 bits per heavy atom. The van der Waals surface area contributed by atoms with E-state index in [9.17, 15) is 4.79 Å². The molecule has 0 saturated carbocycles. The van der Waals surface area contributed by atoms with Crippen molar-refractivity contribution in [1.29, 1.82) is 0 Å². The average molecular weight is 448 g/mol. The van der Waals surface area contributed by atoms with Gasteiger partial charge in [0.2, 0.25) is 17.2 Å². The van der Waals surface area contributed by atoms with Gasteiger partial charge in [-0.15, -0.1) is 0 Å². The lowest BCUT2D eigenvalue weighted by Gasteiger charge is -2.17. The summed E-state index contributed by atoms with van der Waals surface area (Å²) in [5.41, 5.74) is 1.69. The van der Waals surface area contributed by atoms with Crippen LogP contribution in [0.15, 0.2) is 69.9 Å². The van der Waals surface area contributed by atoms with E-state index >= 15 is 0 Å². The van der Waals surface area contributed by atoms with E-state index < -0.39 is 0 Å². The van der Waals surface area contributed by atoms with Crippen LogP contribution in [0.3, 0.4) is 0 Å². The van der Waals surface area contributed by atoms with Crippen LogP contribution >= 0.6 is 0 Å². The number of hydrogen-bond donors (Lipinski definition) is 0. The highest BCUT2D eigenvalue weighted by molar-refractivity contribution is 5.95. The molecule has 3 aromatic carbocycles. The zero-order chi connectivity index (χ0) is 23.4. The van der Waals surface area contributed by atoms with Crippen molar-refractivity contribution in [2.75, 3.05) is 28.4 Å². The first-order valence-corrected chi connectivity index (χ1v) is 10.2. The first kappa shape index (κ1) is 22.1. The molecule has 0 spiro atoms. The Morgan fingerprint density at radius 3 is 1.94 bits per heavy atom. The third-order valence-electron chi connectivity index (χ3n) is 5.20. The molecule has 0 radical (unpaired) electrons. The summed E-state index contributed by atoms with van der Waals surface area (Å²) in [5, 5.41) is 0.207. The van der Waals surface area contributed by atoms with E-state index in [1.165, 1.54) is 34.5 Å². The standard InChI is InChI=1S/C26H24O7/c1-28-22-21-19(27)14-20(33-23(21)25(30-3)26(31-4)24(22)29-2)17-10-12-18(13-11-17)32-15-16-8-6-5-7-9-16/h5-14H,15H2,1-4H3. The molecule has 0 atom stereocenters. The molecule has 0 aliphatic rings. The SMILES string of the molecule is COc1c(OC)c(OC)c2c(=O)cc(-c3ccc(OCc4ccccc4)cc3)oc2c1OC. The van der Waals surface area contributed by atoms with Crippen molar-refractivity contribution in [2.24, 2.45) is 0 Å². The number of hydrogen-bond acceptors (Lipinski definition) is 7. The second kappa shape index (κ2) is 9.56. The van der Waals surface area contributed by atoms with Crippen LogP contribution in [-0.4, -0.2) is 28.4 Å². The van der Waals surface area contributed by atoms with Crippen molar-refractivity contribution in [2.45, 2.75) is 6.61 Å². The third-order valence-corrected chi connectivity index (χ3v) is 5.20. The van der Waals surface area contributed by atoms with Crippen molar-refractivity contribution in [3.63, 3.8) is 0 Å². The predicted molar refractivity (Wildman–Crippen MR) is 125 cm³/mol. The van der Waals surface area contributed by atoms with E-state index in [1.807, 2.05) is 54.6 Å². The van der Waals surface area contributed by atoms with Gasteiger partial charge in [-0.1, -0.05) is 30.3 Å². The van der Waals surface area contributed by atoms with E-state index in [1.54, 1.807) is 0 Å². The van der Waals surface area contributed by atoms with Gasteiger partial charge >= 0.3 is 0 Å². The highest BCUT2D eigenvalue weighted by Crippen LogP contribution is 2.50. The molecular weight excluding hydrogens is 424 g/mol. The minimum absolute atomic E-state index is 0.207. The number of benzene rings is 3. The molecule has 7 nitrogen and oxygen atoms in total. The molecule has 0 fully saturated rings. The quantitative estimate of drug-likeness (QED) is 0.372. The topological polar surface area (TPSA) is 76.4 Å². The van der Waals surface area contributed by atoms with Gasteiger partial charge in [-0.05, 0) is 29.8 Å². The zero-order valence-electron chi connectivity index (χ0n) is 18.8. The zero-order valence-corrected chi connectivity index (χ0v) is 18.8. The van der Waals surface area contributed by atoms with Gasteiger partial charge in [-0.3, -0.25) is 4.79 Å². The van der Waals surface area contributed by atoms with Crippen molar-refractivity contribution < 1.29 is 28.1 Å². The molecule has 0 aliphatic heterocycles. The lowest BCUT2D eigenvalue weighted by atomic mass is 10.1. The second-order valence-corrected chi connectivity index (χ2v) is 7.11. The molecule has 7 heteroatoms. The molecule has 0 saturated heterocycles.